The number of carbonyl (C=O) groups is 3. The van der Waals surface area contributed by atoms with E-state index in [1.54, 1.807) is 45.0 Å². The lowest BCUT2D eigenvalue weighted by Gasteiger charge is -2.34. The first kappa shape index (κ1) is 32.0. The highest BCUT2D eigenvalue weighted by Gasteiger charge is 2.30. The molecule has 0 fully saturated rings. The van der Waals surface area contributed by atoms with Crippen LogP contribution in [0.25, 0.3) is 10.2 Å². The molecule has 4 aromatic rings. The number of thiophene rings is 1. The van der Waals surface area contributed by atoms with E-state index < -0.39 is 17.7 Å². The molecule has 1 aromatic carbocycles. The highest BCUT2D eigenvalue weighted by molar-refractivity contribution is 7.20. The number of amides is 3. The summed E-state index contributed by atoms with van der Waals surface area (Å²) in [4.78, 5) is 52.9. The molecule has 2 atom stereocenters. The third kappa shape index (κ3) is 8.21. The summed E-state index contributed by atoms with van der Waals surface area (Å²) in [6.07, 6.45) is 6.80. The molecule has 3 N–H and O–H groups in total. The first-order valence-electron chi connectivity index (χ1n) is 15.1. The Balaban J connectivity index is 1.34. The molecule has 3 heterocycles. The normalized spacial score (nSPS) is 15.6. The maximum absolute atomic E-state index is 13.6. The van der Waals surface area contributed by atoms with Crippen LogP contribution in [0, 0.1) is 11.3 Å². The van der Waals surface area contributed by atoms with Crippen molar-refractivity contribution in [1.82, 2.24) is 25.6 Å². The summed E-state index contributed by atoms with van der Waals surface area (Å²) in [5.74, 6) is -0.0589. The van der Waals surface area contributed by atoms with Gasteiger partial charge >= 0.3 is 6.09 Å². The maximum Gasteiger partial charge on any atom is 0.407 e. The Hall–Kier alpha value is -4.38. The highest BCUT2D eigenvalue weighted by Crippen LogP contribution is 2.38. The van der Waals surface area contributed by atoms with Gasteiger partial charge in [0.15, 0.2) is 0 Å². The second-order valence-corrected chi connectivity index (χ2v) is 14.5. The summed E-state index contributed by atoms with van der Waals surface area (Å²) in [5.41, 5.74) is 3.44. The number of rotatable bonds is 7. The average Bonchev–Trinajstić information content (AvgIpc) is 3.40. The van der Waals surface area contributed by atoms with Crippen molar-refractivity contribution in [2.75, 3.05) is 11.9 Å². The zero-order chi connectivity index (χ0) is 32.4. The molecule has 0 radical (unpaired) electrons. The zero-order valence-electron chi connectivity index (χ0n) is 26.6. The summed E-state index contributed by atoms with van der Waals surface area (Å²) in [7, 11) is 0. The number of alkyl carbamates (subject to hydrolysis) is 1. The van der Waals surface area contributed by atoms with Crippen LogP contribution in [0.1, 0.15) is 91.0 Å². The summed E-state index contributed by atoms with van der Waals surface area (Å²) < 4.78 is 5.41. The maximum atomic E-state index is 13.6. The second-order valence-electron chi connectivity index (χ2n) is 13.5. The minimum atomic E-state index is -0.665. The number of nitrogens with zero attached hydrogens (tertiary/aromatic N) is 3. The Labute approximate surface area is 267 Å². The lowest BCUT2D eigenvalue weighted by molar-refractivity contribution is 0.0519. The van der Waals surface area contributed by atoms with Gasteiger partial charge in [-0.3, -0.25) is 14.6 Å². The molecule has 10 nitrogen and oxygen atoms in total. The van der Waals surface area contributed by atoms with Crippen LogP contribution in [0.4, 0.5) is 10.5 Å². The quantitative estimate of drug-likeness (QED) is 0.213. The Bertz CT molecular complexity index is 1690. The Morgan fingerprint density at radius 1 is 1.02 bits per heavy atom. The molecule has 11 heteroatoms. The van der Waals surface area contributed by atoms with Crippen molar-refractivity contribution in [2.45, 2.75) is 72.4 Å². The van der Waals surface area contributed by atoms with Gasteiger partial charge in [-0.1, -0.05) is 32.9 Å². The summed E-state index contributed by atoms with van der Waals surface area (Å²) in [6.45, 7) is 12.3. The van der Waals surface area contributed by atoms with Crippen LogP contribution in [-0.4, -0.2) is 45.0 Å². The van der Waals surface area contributed by atoms with Crippen molar-refractivity contribution in [2.24, 2.45) is 11.3 Å². The van der Waals surface area contributed by atoms with Gasteiger partial charge in [-0.15, -0.1) is 11.3 Å². The van der Waals surface area contributed by atoms with Gasteiger partial charge in [-0.25, -0.2) is 14.8 Å². The van der Waals surface area contributed by atoms with Gasteiger partial charge in [0.2, 0.25) is 0 Å². The molecule has 0 unspecified atom stereocenters. The number of carbonyl (C=O) groups excluding carboxylic acids is 3. The highest BCUT2D eigenvalue weighted by atomic mass is 32.1. The van der Waals surface area contributed by atoms with Crippen LogP contribution in [0.2, 0.25) is 0 Å². The SMILES string of the molecule is CC(C)(C)OC(=O)NC[C@H](NC(=O)c1cc2cc3c(nc2s1)CC[C@@H](C(C)(C)C)C3)c1ccc(NC(=O)c2cnccn2)cc1. The van der Waals surface area contributed by atoms with Crippen molar-refractivity contribution >= 4 is 45.1 Å². The van der Waals surface area contributed by atoms with E-state index in [1.807, 2.05) is 6.07 Å². The summed E-state index contributed by atoms with van der Waals surface area (Å²) in [6, 6.07) is 10.6. The van der Waals surface area contributed by atoms with Gasteiger partial charge in [0, 0.05) is 35.7 Å². The van der Waals surface area contributed by atoms with E-state index >= 15 is 0 Å². The molecule has 1 aliphatic rings. The molecule has 0 saturated carbocycles. The van der Waals surface area contributed by atoms with Crippen LogP contribution in [0.5, 0.6) is 0 Å². The number of fused-ring (bicyclic) bond motifs is 2. The van der Waals surface area contributed by atoms with Crippen molar-refractivity contribution < 1.29 is 19.1 Å². The van der Waals surface area contributed by atoms with E-state index in [0.717, 1.165) is 40.7 Å². The Morgan fingerprint density at radius 2 is 1.78 bits per heavy atom. The van der Waals surface area contributed by atoms with Gasteiger partial charge in [0.05, 0.1) is 17.1 Å². The number of hydrogen-bond acceptors (Lipinski definition) is 8. The third-order valence-corrected chi connectivity index (χ3v) is 8.89. The molecule has 3 aromatic heterocycles. The van der Waals surface area contributed by atoms with Crippen LogP contribution >= 0.6 is 11.3 Å². The van der Waals surface area contributed by atoms with Crippen LogP contribution in [0.3, 0.4) is 0 Å². The number of nitrogens with one attached hydrogen (secondary N) is 3. The number of hydrogen-bond donors (Lipinski definition) is 3. The van der Waals surface area contributed by atoms with Gasteiger partial charge < -0.3 is 20.7 Å². The first-order chi connectivity index (χ1) is 21.2. The summed E-state index contributed by atoms with van der Waals surface area (Å²) in [5, 5.41) is 9.61. The predicted octanol–water partition coefficient (Wildman–Crippen LogP) is 6.49. The average molecular weight is 629 g/mol. The minimum Gasteiger partial charge on any atom is -0.444 e. The molecular formula is C34H40N6O4S. The molecule has 0 aliphatic heterocycles. The molecule has 45 heavy (non-hydrogen) atoms. The van der Waals surface area contributed by atoms with Crippen LogP contribution in [0.15, 0.2) is 55.0 Å². The Morgan fingerprint density at radius 3 is 2.44 bits per heavy atom. The molecular weight excluding hydrogens is 588 g/mol. The number of aromatic nitrogens is 3. The molecule has 3 amide bonds. The molecule has 0 bridgehead atoms. The van der Waals surface area contributed by atoms with E-state index in [-0.39, 0.29) is 29.5 Å². The molecule has 1 aliphatic carbocycles. The number of anilines is 1. The number of aryl methyl sites for hydroxylation is 1. The second kappa shape index (κ2) is 12.9. The summed E-state index contributed by atoms with van der Waals surface area (Å²) >= 11 is 1.37. The van der Waals surface area contributed by atoms with Crippen molar-refractivity contribution in [3.8, 4) is 0 Å². The lowest BCUT2D eigenvalue weighted by Crippen LogP contribution is -2.40. The van der Waals surface area contributed by atoms with Crippen molar-refractivity contribution in [3.05, 3.63) is 82.4 Å². The lowest BCUT2D eigenvalue weighted by atomic mass is 9.71. The fourth-order valence-corrected chi connectivity index (χ4v) is 6.30. The molecule has 0 saturated heterocycles. The number of pyridine rings is 1. The van der Waals surface area contributed by atoms with Crippen LogP contribution in [-0.2, 0) is 17.6 Å². The Kier molecular flexibility index (Phi) is 9.20. The van der Waals surface area contributed by atoms with Gasteiger partial charge in [0.25, 0.3) is 11.8 Å². The number of benzene rings is 1. The molecule has 236 valence electrons. The minimum absolute atomic E-state index is 0.0948. The smallest absolute Gasteiger partial charge is 0.407 e. The molecule has 5 rings (SSSR count). The standard InChI is InChI=1S/C34H40N6O4S/c1-33(2,3)23-9-12-25-21(16-23)15-22-17-28(45-31(22)40-25)30(42)39-26(19-37-32(43)44-34(4,5)6)20-7-10-24(11-8-20)38-29(41)27-18-35-13-14-36-27/h7-8,10-11,13-15,17-18,23,26H,9,12,16,19H2,1-6H3,(H,37,43)(H,38,41)(H,39,42)/t23-,26+/m1/s1. The van der Waals surface area contributed by atoms with Crippen molar-refractivity contribution in [1.29, 1.82) is 0 Å². The fourth-order valence-electron chi connectivity index (χ4n) is 5.37. The third-order valence-electron chi connectivity index (χ3n) is 7.84. The van der Waals surface area contributed by atoms with E-state index in [1.165, 1.54) is 35.5 Å². The zero-order valence-corrected chi connectivity index (χ0v) is 27.4. The van der Waals surface area contributed by atoms with E-state index in [0.29, 0.717) is 16.5 Å². The van der Waals surface area contributed by atoms with Crippen molar-refractivity contribution in [3.63, 3.8) is 0 Å². The van der Waals surface area contributed by atoms with Gasteiger partial charge in [-0.05, 0) is 86.8 Å². The van der Waals surface area contributed by atoms with Gasteiger partial charge in [0.1, 0.15) is 16.1 Å². The van der Waals surface area contributed by atoms with Crippen LogP contribution < -0.4 is 16.0 Å². The monoisotopic (exact) mass is 628 g/mol. The van der Waals surface area contributed by atoms with E-state index in [4.69, 9.17) is 9.72 Å². The topological polar surface area (TPSA) is 135 Å². The fraction of sp³-hybridized carbons (Fsp3) is 0.412. The van der Waals surface area contributed by atoms with E-state index in [2.05, 4.69) is 52.8 Å². The molecule has 0 spiro atoms. The first-order valence-corrected chi connectivity index (χ1v) is 15.9. The van der Waals surface area contributed by atoms with Gasteiger partial charge in [-0.2, -0.15) is 0 Å². The predicted molar refractivity (Wildman–Crippen MR) is 175 cm³/mol. The number of ether oxygens (including phenoxy) is 1. The largest absolute Gasteiger partial charge is 0.444 e. The van der Waals surface area contributed by atoms with E-state index in [9.17, 15) is 14.4 Å².